The quantitative estimate of drug-likeness (QED) is 0.772. The summed E-state index contributed by atoms with van der Waals surface area (Å²) in [6.45, 7) is 2.11. The van der Waals surface area contributed by atoms with Gasteiger partial charge in [-0.25, -0.2) is 9.97 Å². The Morgan fingerprint density at radius 3 is 2.69 bits per heavy atom. The summed E-state index contributed by atoms with van der Waals surface area (Å²) < 4.78 is 0. The van der Waals surface area contributed by atoms with E-state index in [2.05, 4.69) is 15.3 Å². The van der Waals surface area contributed by atoms with E-state index in [9.17, 15) is 0 Å². The third-order valence-electron chi connectivity index (χ3n) is 1.56. The van der Waals surface area contributed by atoms with Crippen molar-refractivity contribution in [3.05, 3.63) is 17.4 Å². The number of aliphatic hydroxyl groups is 1. The van der Waals surface area contributed by atoms with Crippen LogP contribution in [0.25, 0.3) is 0 Å². The Labute approximate surface area is 82.0 Å². The summed E-state index contributed by atoms with van der Waals surface area (Å²) >= 11 is 5.62. The average Bonchev–Trinajstić information content (AvgIpc) is 2.09. The van der Waals surface area contributed by atoms with Crippen LogP contribution in [0.5, 0.6) is 0 Å². The number of rotatable bonds is 4. The van der Waals surface area contributed by atoms with Gasteiger partial charge >= 0.3 is 0 Å². The molecule has 1 rings (SSSR count). The lowest BCUT2D eigenvalue weighted by Crippen LogP contribution is -2.18. The largest absolute Gasteiger partial charge is 0.396 e. The van der Waals surface area contributed by atoms with Crippen LogP contribution in [0.15, 0.2) is 12.4 Å². The topological polar surface area (TPSA) is 58.0 Å². The van der Waals surface area contributed by atoms with Gasteiger partial charge in [-0.1, -0.05) is 11.6 Å². The second-order valence-electron chi connectivity index (χ2n) is 2.78. The van der Waals surface area contributed by atoms with E-state index in [-0.39, 0.29) is 12.6 Å². The van der Waals surface area contributed by atoms with Crippen molar-refractivity contribution in [3.8, 4) is 0 Å². The zero-order valence-corrected chi connectivity index (χ0v) is 8.12. The predicted octanol–water partition coefficient (Wildman–Crippen LogP) is 1.31. The number of hydrogen-bond acceptors (Lipinski definition) is 4. The maximum absolute atomic E-state index is 8.66. The van der Waals surface area contributed by atoms with Crippen molar-refractivity contribution in [3.63, 3.8) is 0 Å². The van der Waals surface area contributed by atoms with Crippen molar-refractivity contribution in [1.82, 2.24) is 9.97 Å². The molecule has 72 valence electrons. The molecule has 4 nitrogen and oxygen atoms in total. The van der Waals surface area contributed by atoms with E-state index in [1.807, 2.05) is 6.92 Å². The summed E-state index contributed by atoms with van der Waals surface area (Å²) in [7, 11) is 0. The molecule has 0 aliphatic carbocycles. The molecule has 1 aromatic rings. The second-order valence-corrected chi connectivity index (χ2v) is 3.22. The van der Waals surface area contributed by atoms with Gasteiger partial charge in [-0.05, 0) is 13.3 Å². The number of nitrogens with one attached hydrogen (secondary N) is 1. The first-order chi connectivity index (χ1) is 6.22. The number of aliphatic hydroxyl groups excluding tert-OH is 1. The van der Waals surface area contributed by atoms with E-state index >= 15 is 0 Å². The van der Waals surface area contributed by atoms with Crippen molar-refractivity contribution in [2.24, 2.45) is 0 Å². The van der Waals surface area contributed by atoms with E-state index < -0.39 is 0 Å². The molecule has 2 N–H and O–H groups in total. The molecule has 0 bridgehead atoms. The molecular weight excluding hydrogens is 190 g/mol. The Hall–Kier alpha value is -0.870. The Bertz CT molecular complexity index is 252. The summed E-state index contributed by atoms with van der Waals surface area (Å²) in [5.41, 5.74) is 0. The highest BCUT2D eigenvalue weighted by molar-refractivity contribution is 6.30. The third-order valence-corrected chi connectivity index (χ3v) is 1.75. The van der Waals surface area contributed by atoms with Crippen molar-refractivity contribution >= 4 is 17.5 Å². The molecule has 0 fully saturated rings. The zero-order chi connectivity index (χ0) is 9.68. The summed E-state index contributed by atoms with van der Waals surface area (Å²) in [5.74, 6) is 0.533. The standard InChI is InChI=1S/C8H12ClN3O/c1-6(2-3-13)12-8-10-4-7(9)5-11-8/h4-6,13H,2-3H2,1H3,(H,10,11,12). The van der Waals surface area contributed by atoms with Crippen LogP contribution >= 0.6 is 11.6 Å². The van der Waals surface area contributed by atoms with Gasteiger partial charge in [0.25, 0.3) is 0 Å². The molecule has 1 atom stereocenters. The third kappa shape index (κ3) is 3.57. The van der Waals surface area contributed by atoms with E-state index in [0.29, 0.717) is 17.4 Å². The van der Waals surface area contributed by atoms with Crippen LogP contribution in [0.4, 0.5) is 5.95 Å². The number of aromatic nitrogens is 2. The number of hydrogen-bond donors (Lipinski definition) is 2. The fraction of sp³-hybridized carbons (Fsp3) is 0.500. The molecule has 0 saturated heterocycles. The molecule has 0 saturated carbocycles. The van der Waals surface area contributed by atoms with Crippen molar-refractivity contribution < 1.29 is 5.11 Å². The highest BCUT2D eigenvalue weighted by Crippen LogP contribution is 2.07. The van der Waals surface area contributed by atoms with Crippen molar-refractivity contribution in [2.75, 3.05) is 11.9 Å². The van der Waals surface area contributed by atoms with Crippen LogP contribution in [0.3, 0.4) is 0 Å². The lowest BCUT2D eigenvalue weighted by atomic mass is 10.2. The Balaban J connectivity index is 2.49. The van der Waals surface area contributed by atoms with Crippen LogP contribution in [0.1, 0.15) is 13.3 Å². The highest BCUT2D eigenvalue weighted by atomic mass is 35.5. The predicted molar refractivity (Wildman–Crippen MR) is 51.8 cm³/mol. The minimum Gasteiger partial charge on any atom is -0.396 e. The monoisotopic (exact) mass is 201 g/mol. The fourth-order valence-corrected chi connectivity index (χ4v) is 0.971. The summed E-state index contributed by atoms with van der Waals surface area (Å²) in [5, 5.41) is 12.2. The Kier molecular flexibility index (Phi) is 3.92. The number of nitrogens with zero attached hydrogens (tertiary/aromatic N) is 2. The van der Waals surface area contributed by atoms with Gasteiger partial charge in [-0.2, -0.15) is 0 Å². The first-order valence-electron chi connectivity index (χ1n) is 4.07. The van der Waals surface area contributed by atoms with Gasteiger partial charge in [0.05, 0.1) is 17.4 Å². The average molecular weight is 202 g/mol. The molecule has 0 radical (unpaired) electrons. The summed E-state index contributed by atoms with van der Waals surface area (Å²) in [4.78, 5) is 7.93. The molecule has 13 heavy (non-hydrogen) atoms. The minimum absolute atomic E-state index is 0.155. The van der Waals surface area contributed by atoms with E-state index in [1.165, 1.54) is 12.4 Å². The lowest BCUT2D eigenvalue weighted by Gasteiger charge is -2.11. The van der Waals surface area contributed by atoms with Gasteiger partial charge in [0.15, 0.2) is 0 Å². The van der Waals surface area contributed by atoms with Crippen LogP contribution < -0.4 is 5.32 Å². The molecule has 5 heteroatoms. The normalized spacial score (nSPS) is 12.5. The minimum atomic E-state index is 0.155. The summed E-state index contributed by atoms with van der Waals surface area (Å²) in [6.07, 6.45) is 3.73. The van der Waals surface area contributed by atoms with E-state index in [0.717, 1.165) is 0 Å². The Morgan fingerprint density at radius 2 is 2.15 bits per heavy atom. The first-order valence-corrected chi connectivity index (χ1v) is 4.45. The van der Waals surface area contributed by atoms with Crippen LogP contribution in [0.2, 0.25) is 5.02 Å². The molecule has 0 aromatic carbocycles. The fourth-order valence-electron chi connectivity index (χ4n) is 0.873. The van der Waals surface area contributed by atoms with Gasteiger partial charge < -0.3 is 10.4 Å². The molecule has 0 aliphatic heterocycles. The zero-order valence-electron chi connectivity index (χ0n) is 7.37. The van der Waals surface area contributed by atoms with Crippen molar-refractivity contribution in [2.45, 2.75) is 19.4 Å². The molecule has 0 aliphatic rings. The maximum atomic E-state index is 8.66. The number of anilines is 1. The van der Waals surface area contributed by atoms with Gasteiger partial charge in [0.1, 0.15) is 0 Å². The Morgan fingerprint density at radius 1 is 1.54 bits per heavy atom. The van der Waals surface area contributed by atoms with E-state index in [4.69, 9.17) is 16.7 Å². The lowest BCUT2D eigenvalue weighted by molar-refractivity contribution is 0.282. The van der Waals surface area contributed by atoms with Gasteiger partial charge in [0.2, 0.25) is 5.95 Å². The van der Waals surface area contributed by atoms with Crippen LogP contribution in [-0.4, -0.2) is 27.7 Å². The highest BCUT2D eigenvalue weighted by Gasteiger charge is 2.02. The number of halogens is 1. The van der Waals surface area contributed by atoms with Crippen LogP contribution in [-0.2, 0) is 0 Å². The molecule has 0 spiro atoms. The molecule has 1 heterocycles. The van der Waals surface area contributed by atoms with E-state index in [1.54, 1.807) is 0 Å². The first kappa shape index (κ1) is 10.2. The van der Waals surface area contributed by atoms with Crippen LogP contribution in [0, 0.1) is 0 Å². The second kappa shape index (κ2) is 4.99. The molecule has 1 unspecified atom stereocenters. The smallest absolute Gasteiger partial charge is 0.222 e. The summed E-state index contributed by atoms with van der Waals surface area (Å²) in [6, 6.07) is 0.158. The SMILES string of the molecule is CC(CCO)Nc1ncc(Cl)cn1. The van der Waals surface area contributed by atoms with Gasteiger partial charge in [-0.15, -0.1) is 0 Å². The molecular formula is C8H12ClN3O. The molecule has 1 aromatic heterocycles. The van der Waals surface area contributed by atoms with Gasteiger partial charge in [0, 0.05) is 12.6 Å². The molecule has 0 amide bonds. The maximum Gasteiger partial charge on any atom is 0.222 e. The van der Waals surface area contributed by atoms with Crippen molar-refractivity contribution in [1.29, 1.82) is 0 Å². The van der Waals surface area contributed by atoms with Gasteiger partial charge in [-0.3, -0.25) is 0 Å².